The maximum Gasteiger partial charge on any atom is 0.171 e. The summed E-state index contributed by atoms with van der Waals surface area (Å²) in [4.78, 5) is 8.31. The molecule has 0 unspecified atom stereocenters. The van der Waals surface area contributed by atoms with Gasteiger partial charge in [0.25, 0.3) is 0 Å². The number of aromatic nitrogens is 2. The zero-order valence-corrected chi connectivity index (χ0v) is 10.7. The summed E-state index contributed by atoms with van der Waals surface area (Å²) in [5.41, 5.74) is 5.96. The largest absolute Gasteiger partial charge is 0.409 e. The molecule has 0 fully saturated rings. The van der Waals surface area contributed by atoms with Gasteiger partial charge in [0.15, 0.2) is 5.84 Å². The number of nitrogens with two attached hydrogens (primary N) is 1. The van der Waals surface area contributed by atoms with Crippen LogP contribution in [0.15, 0.2) is 51.9 Å². The molecular formula is C11H9ClN4OS. The Kier molecular flexibility index (Phi) is 4.01. The van der Waals surface area contributed by atoms with Crippen molar-refractivity contribution in [1.29, 1.82) is 0 Å². The average Bonchev–Trinajstić information content (AvgIpc) is 2.41. The summed E-state index contributed by atoms with van der Waals surface area (Å²) in [6, 6.07) is 7.13. The van der Waals surface area contributed by atoms with E-state index in [2.05, 4.69) is 15.1 Å². The van der Waals surface area contributed by atoms with Crippen LogP contribution >= 0.6 is 23.4 Å². The van der Waals surface area contributed by atoms with E-state index in [1.54, 1.807) is 18.5 Å². The molecule has 0 aromatic carbocycles. The fraction of sp³-hybridized carbons (Fsp3) is 0. The fourth-order valence-corrected chi connectivity index (χ4v) is 2.35. The van der Waals surface area contributed by atoms with E-state index in [0.717, 1.165) is 5.03 Å². The lowest BCUT2D eigenvalue weighted by atomic mass is 10.2. The van der Waals surface area contributed by atoms with Crippen molar-refractivity contribution in [3.8, 4) is 0 Å². The third kappa shape index (κ3) is 2.72. The van der Waals surface area contributed by atoms with Gasteiger partial charge in [0.05, 0.1) is 5.02 Å². The lowest BCUT2D eigenvalue weighted by Crippen LogP contribution is -2.14. The first-order valence-corrected chi connectivity index (χ1v) is 6.13. The molecule has 18 heavy (non-hydrogen) atoms. The lowest BCUT2D eigenvalue weighted by Gasteiger charge is -2.06. The van der Waals surface area contributed by atoms with Crippen molar-refractivity contribution in [3.63, 3.8) is 0 Å². The van der Waals surface area contributed by atoms with E-state index < -0.39 is 0 Å². The first-order chi connectivity index (χ1) is 8.72. The fourth-order valence-electron chi connectivity index (χ4n) is 1.25. The highest BCUT2D eigenvalue weighted by Gasteiger charge is 2.12. The van der Waals surface area contributed by atoms with Crippen LogP contribution in [-0.4, -0.2) is 21.0 Å². The van der Waals surface area contributed by atoms with E-state index in [1.807, 2.05) is 18.2 Å². The van der Waals surface area contributed by atoms with Crippen molar-refractivity contribution in [2.24, 2.45) is 10.9 Å². The Labute approximate surface area is 113 Å². The summed E-state index contributed by atoms with van der Waals surface area (Å²) in [6.45, 7) is 0. The van der Waals surface area contributed by atoms with Gasteiger partial charge >= 0.3 is 0 Å². The van der Waals surface area contributed by atoms with Gasteiger partial charge in [0.2, 0.25) is 0 Å². The van der Waals surface area contributed by atoms with Gasteiger partial charge < -0.3 is 10.9 Å². The number of nitrogens with zero attached hydrogens (tertiary/aromatic N) is 3. The van der Waals surface area contributed by atoms with E-state index in [4.69, 9.17) is 22.5 Å². The monoisotopic (exact) mass is 280 g/mol. The van der Waals surface area contributed by atoms with Crippen LogP contribution in [0.2, 0.25) is 5.02 Å². The zero-order chi connectivity index (χ0) is 13.0. The summed E-state index contributed by atoms with van der Waals surface area (Å²) in [5, 5.41) is 13.2. The van der Waals surface area contributed by atoms with Crippen molar-refractivity contribution >= 4 is 29.2 Å². The molecule has 0 aliphatic heterocycles. The molecule has 0 bridgehead atoms. The molecule has 92 valence electrons. The van der Waals surface area contributed by atoms with E-state index >= 15 is 0 Å². The van der Waals surface area contributed by atoms with Crippen LogP contribution in [-0.2, 0) is 0 Å². The lowest BCUT2D eigenvalue weighted by molar-refractivity contribution is 0.318. The van der Waals surface area contributed by atoms with Gasteiger partial charge in [-0.2, -0.15) is 0 Å². The van der Waals surface area contributed by atoms with Gasteiger partial charge in [-0.3, -0.25) is 0 Å². The summed E-state index contributed by atoms with van der Waals surface area (Å²) < 4.78 is 0. The Morgan fingerprint density at radius 2 is 2.11 bits per heavy atom. The van der Waals surface area contributed by atoms with Gasteiger partial charge in [0, 0.05) is 18.0 Å². The minimum Gasteiger partial charge on any atom is -0.409 e. The molecule has 0 saturated carbocycles. The Hall–Kier alpha value is -1.79. The smallest absolute Gasteiger partial charge is 0.171 e. The summed E-state index contributed by atoms with van der Waals surface area (Å²) >= 11 is 7.46. The highest BCUT2D eigenvalue weighted by atomic mass is 35.5. The molecule has 0 saturated heterocycles. The van der Waals surface area contributed by atoms with Crippen molar-refractivity contribution in [1.82, 2.24) is 9.97 Å². The minimum atomic E-state index is -0.0507. The number of oxime groups is 1. The standard InChI is InChI=1S/C11H9ClN4OS/c12-9-7(10(13)16-17)4-6-15-11(9)18-8-3-1-2-5-14-8/h1-6,17H,(H2,13,16). The highest BCUT2D eigenvalue weighted by Crippen LogP contribution is 2.31. The first-order valence-electron chi connectivity index (χ1n) is 4.93. The molecule has 2 aromatic heterocycles. The molecule has 5 nitrogen and oxygen atoms in total. The molecule has 2 aromatic rings. The number of hydrogen-bond acceptors (Lipinski definition) is 5. The molecule has 0 aliphatic carbocycles. The van der Waals surface area contributed by atoms with Crippen molar-refractivity contribution in [2.75, 3.05) is 0 Å². The number of amidine groups is 1. The molecule has 3 N–H and O–H groups in total. The predicted octanol–water partition coefficient (Wildman–Crippen LogP) is 2.38. The number of hydrogen-bond donors (Lipinski definition) is 2. The normalized spacial score (nSPS) is 11.5. The third-order valence-electron chi connectivity index (χ3n) is 2.08. The van der Waals surface area contributed by atoms with Gasteiger partial charge in [0.1, 0.15) is 10.1 Å². The second kappa shape index (κ2) is 5.70. The van der Waals surface area contributed by atoms with Crippen LogP contribution in [0.3, 0.4) is 0 Å². The molecule has 0 aliphatic rings. The molecule has 2 heterocycles. The molecule has 0 radical (unpaired) electrons. The second-order valence-corrected chi connectivity index (χ2v) is 4.62. The first kappa shape index (κ1) is 12.7. The predicted molar refractivity (Wildman–Crippen MR) is 70.1 cm³/mol. The second-order valence-electron chi connectivity index (χ2n) is 3.23. The molecule has 0 atom stereocenters. The van der Waals surface area contributed by atoms with E-state index in [9.17, 15) is 0 Å². The van der Waals surface area contributed by atoms with Crippen LogP contribution < -0.4 is 5.73 Å². The topological polar surface area (TPSA) is 84.4 Å². The van der Waals surface area contributed by atoms with Crippen LogP contribution in [0, 0.1) is 0 Å². The number of halogens is 1. The maximum absolute atomic E-state index is 8.66. The molecule has 7 heteroatoms. The van der Waals surface area contributed by atoms with Gasteiger partial charge in [-0.05, 0) is 30.0 Å². The van der Waals surface area contributed by atoms with E-state index in [1.165, 1.54) is 11.8 Å². The molecular weight excluding hydrogens is 272 g/mol. The average molecular weight is 281 g/mol. The van der Waals surface area contributed by atoms with Gasteiger partial charge in [-0.15, -0.1) is 0 Å². The van der Waals surface area contributed by atoms with Crippen LogP contribution in [0.1, 0.15) is 5.56 Å². The van der Waals surface area contributed by atoms with Crippen molar-refractivity contribution < 1.29 is 5.21 Å². The van der Waals surface area contributed by atoms with Crippen LogP contribution in [0.25, 0.3) is 0 Å². The summed E-state index contributed by atoms with van der Waals surface area (Å²) in [5.74, 6) is -0.0507. The van der Waals surface area contributed by atoms with Gasteiger partial charge in [-0.25, -0.2) is 9.97 Å². The highest BCUT2D eigenvalue weighted by molar-refractivity contribution is 7.99. The number of pyridine rings is 2. The Morgan fingerprint density at radius 3 is 2.78 bits per heavy atom. The quantitative estimate of drug-likeness (QED) is 0.390. The Balaban J connectivity index is 2.35. The Bertz CT molecular complexity index is 577. The minimum absolute atomic E-state index is 0.0507. The SMILES string of the molecule is N/C(=N/O)c1ccnc(Sc2ccccn2)c1Cl. The summed E-state index contributed by atoms with van der Waals surface area (Å²) in [6.07, 6.45) is 3.23. The molecule has 0 spiro atoms. The van der Waals surface area contributed by atoms with Crippen molar-refractivity contribution in [3.05, 3.63) is 47.2 Å². The van der Waals surface area contributed by atoms with Crippen molar-refractivity contribution in [2.45, 2.75) is 10.1 Å². The van der Waals surface area contributed by atoms with Crippen LogP contribution in [0.5, 0.6) is 0 Å². The molecule has 2 rings (SSSR count). The van der Waals surface area contributed by atoms with Gasteiger partial charge in [-0.1, -0.05) is 22.8 Å². The van der Waals surface area contributed by atoms with E-state index in [-0.39, 0.29) is 5.84 Å². The third-order valence-corrected chi connectivity index (χ3v) is 3.53. The molecule has 0 amide bonds. The summed E-state index contributed by atoms with van der Waals surface area (Å²) in [7, 11) is 0. The number of rotatable bonds is 3. The Morgan fingerprint density at radius 1 is 1.28 bits per heavy atom. The van der Waals surface area contributed by atoms with Crippen LogP contribution in [0.4, 0.5) is 0 Å². The zero-order valence-electron chi connectivity index (χ0n) is 9.12. The maximum atomic E-state index is 8.66. The van der Waals surface area contributed by atoms with E-state index in [0.29, 0.717) is 15.6 Å².